The average Bonchev–Trinajstić information content (AvgIpc) is 2.59. The molecule has 1 heterocycles. The number of carbonyl (C=O) groups is 1. The van der Waals surface area contributed by atoms with E-state index in [4.69, 9.17) is 0 Å². The third-order valence-corrected chi connectivity index (χ3v) is 4.10. The number of anilines is 3. The highest BCUT2D eigenvalue weighted by atomic mass is 79.9. The summed E-state index contributed by atoms with van der Waals surface area (Å²) in [4.78, 5) is 16.6. The van der Waals surface area contributed by atoms with Gasteiger partial charge in [-0.25, -0.2) is 4.98 Å². The lowest BCUT2D eigenvalue weighted by Gasteiger charge is -2.09. The van der Waals surface area contributed by atoms with Gasteiger partial charge < -0.3 is 10.6 Å². The quantitative estimate of drug-likeness (QED) is 0.656. The Balaban J connectivity index is 1.69. The SMILES string of the molecule is Cc1ccc(NC(=O)c2ccc(Nc3ccccc3)nc2)c(Br)c1. The van der Waals surface area contributed by atoms with Crippen LogP contribution in [0.3, 0.4) is 0 Å². The molecule has 0 bridgehead atoms. The molecule has 2 aromatic carbocycles. The first-order valence-corrected chi connectivity index (χ1v) is 8.27. The van der Waals surface area contributed by atoms with Crippen molar-refractivity contribution < 1.29 is 4.79 Å². The Morgan fingerprint density at radius 1 is 1.04 bits per heavy atom. The fourth-order valence-corrected chi connectivity index (χ4v) is 2.78. The molecule has 0 aliphatic carbocycles. The second kappa shape index (κ2) is 7.27. The molecule has 0 radical (unpaired) electrons. The number of pyridine rings is 1. The maximum atomic E-state index is 12.3. The van der Waals surface area contributed by atoms with Crippen LogP contribution >= 0.6 is 15.9 Å². The van der Waals surface area contributed by atoms with Gasteiger partial charge in [-0.05, 0) is 64.8 Å². The lowest BCUT2D eigenvalue weighted by Crippen LogP contribution is -2.12. The maximum Gasteiger partial charge on any atom is 0.257 e. The number of para-hydroxylation sites is 1. The number of aromatic nitrogens is 1. The zero-order valence-corrected chi connectivity index (χ0v) is 14.7. The third-order valence-electron chi connectivity index (χ3n) is 3.44. The normalized spacial score (nSPS) is 10.2. The van der Waals surface area contributed by atoms with E-state index in [-0.39, 0.29) is 5.91 Å². The first kappa shape index (κ1) is 16.2. The lowest BCUT2D eigenvalue weighted by molar-refractivity contribution is 0.102. The fraction of sp³-hybridized carbons (Fsp3) is 0.0526. The van der Waals surface area contributed by atoms with Gasteiger partial charge in [-0.3, -0.25) is 4.79 Å². The number of carbonyl (C=O) groups excluding carboxylic acids is 1. The summed E-state index contributed by atoms with van der Waals surface area (Å²) in [7, 11) is 0. The average molecular weight is 382 g/mol. The van der Waals surface area contributed by atoms with Crippen molar-refractivity contribution in [3.8, 4) is 0 Å². The zero-order valence-electron chi connectivity index (χ0n) is 13.1. The first-order valence-electron chi connectivity index (χ1n) is 7.47. The maximum absolute atomic E-state index is 12.3. The molecule has 0 saturated carbocycles. The molecule has 0 unspecified atom stereocenters. The Labute approximate surface area is 149 Å². The number of rotatable bonds is 4. The van der Waals surface area contributed by atoms with E-state index < -0.39 is 0 Å². The summed E-state index contributed by atoms with van der Waals surface area (Å²) in [6.07, 6.45) is 1.56. The van der Waals surface area contributed by atoms with E-state index in [1.807, 2.05) is 55.5 Å². The molecule has 0 spiro atoms. The molecule has 2 N–H and O–H groups in total. The van der Waals surface area contributed by atoms with E-state index in [0.29, 0.717) is 11.4 Å². The number of hydrogen-bond acceptors (Lipinski definition) is 3. The van der Waals surface area contributed by atoms with Gasteiger partial charge in [0.05, 0.1) is 11.3 Å². The summed E-state index contributed by atoms with van der Waals surface area (Å²) in [6.45, 7) is 2.00. The van der Waals surface area contributed by atoms with Crippen LogP contribution in [-0.2, 0) is 0 Å². The standard InChI is InChI=1S/C19H16BrN3O/c1-13-7-9-17(16(20)11-13)23-19(24)14-8-10-18(21-12-14)22-15-5-3-2-4-6-15/h2-12H,1H3,(H,21,22)(H,23,24). The molecule has 24 heavy (non-hydrogen) atoms. The molecule has 5 heteroatoms. The summed E-state index contributed by atoms with van der Waals surface area (Å²) in [6, 6.07) is 19.1. The molecular formula is C19H16BrN3O. The van der Waals surface area contributed by atoms with Gasteiger partial charge >= 0.3 is 0 Å². The number of halogens is 1. The fourth-order valence-electron chi connectivity index (χ4n) is 2.19. The summed E-state index contributed by atoms with van der Waals surface area (Å²) in [5.74, 6) is 0.493. The number of amides is 1. The van der Waals surface area contributed by atoms with Crippen molar-refractivity contribution in [2.75, 3.05) is 10.6 Å². The highest BCUT2D eigenvalue weighted by molar-refractivity contribution is 9.10. The van der Waals surface area contributed by atoms with Crippen molar-refractivity contribution in [3.05, 3.63) is 82.5 Å². The van der Waals surface area contributed by atoms with Crippen molar-refractivity contribution in [2.24, 2.45) is 0 Å². The van der Waals surface area contributed by atoms with Crippen LogP contribution in [0.1, 0.15) is 15.9 Å². The zero-order chi connectivity index (χ0) is 16.9. The van der Waals surface area contributed by atoms with Crippen molar-refractivity contribution in [3.63, 3.8) is 0 Å². The van der Waals surface area contributed by atoms with E-state index in [2.05, 4.69) is 31.5 Å². The topological polar surface area (TPSA) is 54.0 Å². The molecule has 120 valence electrons. The van der Waals surface area contributed by atoms with Crippen LogP contribution in [-0.4, -0.2) is 10.9 Å². The molecule has 0 aliphatic rings. The molecule has 4 nitrogen and oxygen atoms in total. The van der Waals surface area contributed by atoms with E-state index in [0.717, 1.165) is 21.4 Å². The van der Waals surface area contributed by atoms with Crippen LogP contribution in [0.4, 0.5) is 17.2 Å². The number of hydrogen-bond donors (Lipinski definition) is 2. The van der Waals surface area contributed by atoms with Crippen molar-refractivity contribution >= 4 is 39.0 Å². The number of aryl methyl sites for hydroxylation is 1. The second-order valence-corrected chi connectivity index (χ2v) is 6.21. The van der Waals surface area contributed by atoms with Crippen LogP contribution in [0, 0.1) is 6.92 Å². The minimum Gasteiger partial charge on any atom is -0.340 e. The van der Waals surface area contributed by atoms with Gasteiger partial charge in [0.15, 0.2) is 0 Å². The minimum absolute atomic E-state index is 0.196. The molecule has 1 amide bonds. The van der Waals surface area contributed by atoms with Gasteiger partial charge in [-0.1, -0.05) is 24.3 Å². The van der Waals surface area contributed by atoms with Crippen LogP contribution in [0.15, 0.2) is 71.3 Å². The van der Waals surface area contributed by atoms with E-state index >= 15 is 0 Å². The van der Waals surface area contributed by atoms with E-state index in [9.17, 15) is 4.79 Å². The highest BCUT2D eigenvalue weighted by Gasteiger charge is 2.09. The lowest BCUT2D eigenvalue weighted by atomic mass is 10.2. The van der Waals surface area contributed by atoms with E-state index in [1.165, 1.54) is 0 Å². The Hall–Kier alpha value is -2.66. The highest BCUT2D eigenvalue weighted by Crippen LogP contribution is 2.24. The van der Waals surface area contributed by atoms with Gasteiger partial charge in [0.1, 0.15) is 5.82 Å². The summed E-state index contributed by atoms with van der Waals surface area (Å²) < 4.78 is 0.853. The predicted octanol–water partition coefficient (Wildman–Crippen LogP) is 5.15. The van der Waals surface area contributed by atoms with Crippen molar-refractivity contribution in [1.29, 1.82) is 0 Å². The van der Waals surface area contributed by atoms with Crippen molar-refractivity contribution in [1.82, 2.24) is 4.98 Å². The minimum atomic E-state index is -0.196. The van der Waals surface area contributed by atoms with Crippen LogP contribution < -0.4 is 10.6 Å². The summed E-state index contributed by atoms with van der Waals surface area (Å²) in [5, 5.41) is 6.06. The van der Waals surface area contributed by atoms with Crippen LogP contribution in [0.5, 0.6) is 0 Å². The first-order chi connectivity index (χ1) is 11.6. The van der Waals surface area contributed by atoms with Gasteiger partial charge in [0.2, 0.25) is 0 Å². The van der Waals surface area contributed by atoms with Gasteiger partial charge in [-0.2, -0.15) is 0 Å². The number of nitrogens with one attached hydrogen (secondary N) is 2. The van der Waals surface area contributed by atoms with E-state index in [1.54, 1.807) is 18.3 Å². The molecular weight excluding hydrogens is 366 g/mol. The largest absolute Gasteiger partial charge is 0.340 e. The third kappa shape index (κ3) is 4.00. The summed E-state index contributed by atoms with van der Waals surface area (Å²) in [5.41, 5.74) is 3.31. The molecule has 3 rings (SSSR count). The van der Waals surface area contributed by atoms with Gasteiger partial charge in [-0.15, -0.1) is 0 Å². The molecule has 0 fully saturated rings. The van der Waals surface area contributed by atoms with Gasteiger partial charge in [0.25, 0.3) is 5.91 Å². The molecule has 0 atom stereocenters. The Morgan fingerprint density at radius 2 is 1.83 bits per heavy atom. The van der Waals surface area contributed by atoms with Gasteiger partial charge in [0, 0.05) is 16.4 Å². The van der Waals surface area contributed by atoms with Crippen LogP contribution in [0.25, 0.3) is 0 Å². The Bertz CT molecular complexity index is 848. The molecule has 1 aromatic heterocycles. The van der Waals surface area contributed by atoms with Crippen LogP contribution in [0.2, 0.25) is 0 Å². The molecule has 3 aromatic rings. The number of nitrogens with zero attached hydrogens (tertiary/aromatic N) is 1. The molecule has 0 aliphatic heterocycles. The smallest absolute Gasteiger partial charge is 0.257 e. The Morgan fingerprint density at radius 3 is 2.50 bits per heavy atom. The second-order valence-electron chi connectivity index (χ2n) is 5.36. The predicted molar refractivity (Wildman–Crippen MR) is 101 cm³/mol. The van der Waals surface area contributed by atoms with Crippen molar-refractivity contribution in [2.45, 2.75) is 6.92 Å². The monoisotopic (exact) mass is 381 g/mol. The number of benzene rings is 2. The summed E-state index contributed by atoms with van der Waals surface area (Å²) >= 11 is 3.46. The molecule has 0 saturated heterocycles. The Kier molecular flexibility index (Phi) is 4.91.